The molecule has 0 saturated carbocycles. The zero-order valence-corrected chi connectivity index (χ0v) is 11.2. The Balaban J connectivity index is 2.12. The van der Waals surface area contributed by atoms with E-state index in [1.54, 1.807) is 18.2 Å². The molecule has 3 rings (SSSR count). The largest absolute Gasteiger partial charge is 0.228 e. The smallest absolute Gasteiger partial charge is 0.161 e. The molecule has 3 aromatic rings. The summed E-state index contributed by atoms with van der Waals surface area (Å²) in [6.45, 7) is 0. The van der Waals surface area contributed by atoms with Gasteiger partial charge in [0.25, 0.3) is 0 Å². The minimum Gasteiger partial charge on any atom is -0.228 e. The molecular formula is C16H10ClFN2. The van der Waals surface area contributed by atoms with E-state index in [9.17, 15) is 4.39 Å². The summed E-state index contributed by atoms with van der Waals surface area (Å²) in [4.78, 5) is 8.67. The molecule has 2 nitrogen and oxygen atoms in total. The second-order valence-electron chi connectivity index (χ2n) is 4.28. The normalized spacial score (nSPS) is 10.5. The summed E-state index contributed by atoms with van der Waals surface area (Å²) < 4.78 is 13.3. The zero-order chi connectivity index (χ0) is 13.9. The number of hydrogen-bond donors (Lipinski definition) is 0. The predicted octanol–water partition coefficient (Wildman–Crippen LogP) is 4.60. The molecule has 0 atom stereocenters. The number of aromatic nitrogens is 2. The Hall–Kier alpha value is -2.26. The molecule has 1 heterocycles. The molecule has 2 aromatic carbocycles. The Morgan fingerprint density at radius 1 is 0.800 bits per heavy atom. The molecule has 0 amide bonds. The lowest BCUT2D eigenvalue weighted by Gasteiger charge is -2.05. The van der Waals surface area contributed by atoms with Gasteiger partial charge in [-0.15, -0.1) is 0 Å². The molecule has 0 bridgehead atoms. The molecule has 98 valence electrons. The third-order valence-electron chi connectivity index (χ3n) is 2.85. The SMILES string of the molecule is Fc1cccc(-c2cc(Cl)nc(-c3ccccc3)n2)c1. The third kappa shape index (κ3) is 2.68. The van der Waals surface area contributed by atoms with Crippen LogP contribution in [-0.4, -0.2) is 9.97 Å². The molecule has 0 spiro atoms. The fourth-order valence-electron chi connectivity index (χ4n) is 1.93. The first-order valence-electron chi connectivity index (χ1n) is 6.08. The van der Waals surface area contributed by atoms with Crippen LogP contribution in [0.1, 0.15) is 0 Å². The Morgan fingerprint density at radius 2 is 1.55 bits per heavy atom. The van der Waals surface area contributed by atoms with Crippen molar-refractivity contribution < 1.29 is 4.39 Å². The summed E-state index contributed by atoms with van der Waals surface area (Å²) in [7, 11) is 0. The van der Waals surface area contributed by atoms with Crippen LogP contribution in [0.15, 0.2) is 60.7 Å². The molecule has 4 heteroatoms. The lowest BCUT2D eigenvalue weighted by Crippen LogP contribution is -1.93. The van der Waals surface area contributed by atoms with Crippen molar-refractivity contribution in [1.29, 1.82) is 0 Å². The van der Waals surface area contributed by atoms with Crippen LogP contribution in [0.25, 0.3) is 22.6 Å². The van der Waals surface area contributed by atoms with Gasteiger partial charge in [-0.1, -0.05) is 54.1 Å². The van der Waals surface area contributed by atoms with E-state index in [2.05, 4.69) is 9.97 Å². The Morgan fingerprint density at radius 3 is 2.30 bits per heavy atom. The van der Waals surface area contributed by atoms with Crippen molar-refractivity contribution in [3.63, 3.8) is 0 Å². The van der Waals surface area contributed by atoms with Gasteiger partial charge in [-0.25, -0.2) is 14.4 Å². The van der Waals surface area contributed by atoms with Crippen LogP contribution in [0.5, 0.6) is 0 Å². The maximum atomic E-state index is 13.3. The predicted molar refractivity (Wildman–Crippen MR) is 77.9 cm³/mol. The van der Waals surface area contributed by atoms with Gasteiger partial charge in [-0.3, -0.25) is 0 Å². The van der Waals surface area contributed by atoms with Crippen LogP contribution in [0, 0.1) is 5.82 Å². The average molecular weight is 285 g/mol. The van der Waals surface area contributed by atoms with Crippen LogP contribution in [0.3, 0.4) is 0 Å². The van der Waals surface area contributed by atoms with Gasteiger partial charge in [0.2, 0.25) is 0 Å². The number of hydrogen-bond acceptors (Lipinski definition) is 2. The molecule has 0 aliphatic heterocycles. The summed E-state index contributed by atoms with van der Waals surface area (Å²) in [5.74, 6) is 0.218. The number of nitrogens with zero attached hydrogens (tertiary/aromatic N) is 2. The summed E-state index contributed by atoms with van der Waals surface area (Å²) in [6.07, 6.45) is 0. The standard InChI is InChI=1S/C16H10ClFN2/c17-15-10-14(12-7-4-8-13(18)9-12)19-16(20-15)11-5-2-1-3-6-11/h1-10H. The molecule has 0 aliphatic rings. The van der Waals surface area contributed by atoms with Gasteiger partial charge in [0.1, 0.15) is 11.0 Å². The first-order chi connectivity index (χ1) is 9.72. The highest BCUT2D eigenvalue weighted by molar-refractivity contribution is 6.29. The highest BCUT2D eigenvalue weighted by Crippen LogP contribution is 2.24. The molecule has 0 radical (unpaired) electrons. The lowest BCUT2D eigenvalue weighted by molar-refractivity contribution is 0.628. The zero-order valence-electron chi connectivity index (χ0n) is 10.4. The van der Waals surface area contributed by atoms with Gasteiger partial charge >= 0.3 is 0 Å². The van der Waals surface area contributed by atoms with Crippen molar-refractivity contribution in [2.75, 3.05) is 0 Å². The molecule has 0 saturated heterocycles. The summed E-state index contributed by atoms with van der Waals surface area (Å²) in [5, 5.41) is 0.332. The monoisotopic (exact) mass is 284 g/mol. The van der Waals surface area contributed by atoms with Crippen molar-refractivity contribution >= 4 is 11.6 Å². The van der Waals surface area contributed by atoms with Gasteiger partial charge in [0.15, 0.2) is 5.82 Å². The number of rotatable bonds is 2. The van der Waals surface area contributed by atoms with Gasteiger partial charge in [-0.2, -0.15) is 0 Å². The van der Waals surface area contributed by atoms with E-state index in [1.165, 1.54) is 12.1 Å². The van der Waals surface area contributed by atoms with Crippen molar-refractivity contribution in [2.24, 2.45) is 0 Å². The van der Waals surface area contributed by atoms with Gasteiger partial charge in [0.05, 0.1) is 5.69 Å². The maximum absolute atomic E-state index is 13.3. The summed E-state index contributed by atoms with van der Waals surface area (Å²) in [5.41, 5.74) is 2.14. The maximum Gasteiger partial charge on any atom is 0.161 e. The molecule has 20 heavy (non-hydrogen) atoms. The van der Waals surface area contributed by atoms with Crippen molar-refractivity contribution in [2.45, 2.75) is 0 Å². The first-order valence-corrected chi connectivity index (χ1v) is 6.46. The molecular weight excluding hydrogens is 275 g/mol. The first kappa shape index (κ1) is 12.8. The second-order valence-corrected chi connectivity index (χ2v) is 4.66. The van der Waals surface area contributed by atoms with Gasteiger partial charge in [0, 0.05) is 17.2 Å². The topological polar surface area (TPSA) is 25.8 Å². The van der Waals surface area contributed by atoms with E-state index in [4.69, 9.17) is 11.6 Å². The van der Waals surface area contributed by atoms with E-state index in [1.807, 2.05) is 30.3 Å². The van der Waals surface area contributed by atoms with Crippen LogP contribution in [0.4, 0.5) is 4.39 Å². The van der Waals surface area contributed by atoms with Gasteiger partial charge in [-0.05, 0) is 12.1 Å². The van der Waals surface area contributed by atoms with Crippen molar-refractivity contribution in [3.05, 3.63) is 71.6 Å². The lowest BCUT2D eigenvalue weighted by atomic mass is 10.1. The second kappa shape index (κ2) is 5.39. The minimum absolute atomic E-state index is 0.307. The fraction of sp³-hybridized carbons (Fsp3) is 0. The van der Waals surface area contributed by atoms with Crippen molar-refractivity contribution in [1.82, 2.24) is 9.97 Å². The molecule has 1 aromatic heterocycles. The average Bonchev–Trinajstić information content (AvgIpc) is 2.47. The van der Waals surface area contributed by atoms with E-state index in [-0.39, 0.29) is 5.82 Å². The molecule has 0 N–H and O–H groups in total. The highest BCUT2D eigenvalue weighted by Gasteiger charge is 2.08. The number of benzene rings is 2. The summed E-state index contributed by atoms with van der Waals surface area (Å²) in [6, 6.07) is 17.4. The minimum atomic E-state index is -0.307. The number of halogens is 2. The highest BCUT2D eigenvalue weighted by atomic mass is 35.5. The quantitative estimate of drug-likeness (QED) is 0.643. The Labute approximate surface area is 120 Å². The molecule has 0 fully saturated rings. The molecule has 0 aliphatic carbocycles. The summed E-state index contributed by atoms with van der Waals surface area (Å²) >= 11 is 6.04. The van der Waals surface area contributed by atoms with Crippen LogP contribution >= 0.6 is 11.6 Å². The van der Waals surface area contributed by atoms with Crippen LogP contribution < -0.4 is 0 Å². The van der Waals surface area contributed by atoms with E-state index >= 15 is 0 Å². The van der Waals surface area contributed by atoms with Gasteiger partial charge < -0.3 is 0 Å². The van der Waals surface area contributed by atoms with Crippen LogP contribution in [0.2, 0.25) is 5.15 Å². The van der Waals surface area contributed by atoms with E-state index in [0.717, 1.165) is 5.56 Å². The Kier molecular flexibility index (Phi) is 3.44. The fourth-order valence-corrected chi connectivity index (χ4v) is 2.11. The molecule has 0 unspecified atom stereocenters. The van der Waals surface area contributed by atoms with Crippen molar-refractivity contribution in [3.8, 4) is 22.6 Å². The van der Waals surface area contributed by atoms with E-state index in [0.29, 0.717) is 22.2 Å². The van der Waals surface area contributed by atoms with Crippen LogP contribution in [-0.2, 0) is 0 Å². The Bertz CT molecular complexity index is 744. The third-order valence-corrected chi connectivity index (χ3v) is 3.04. The van der Waals surface area contributed by atoms with E-state index < -0.39 is 0 Å².